The minimum absolute atomic E-state index is 0.0376. The predicted octanol–water partition coefficient (Wildman–Crippen LogP) is 2.43. The molecule has 0 fully saturated rings. The summed E-state index contributed by atoms with van der Waals surface area (Å²) in [4.78, 5) is 22.2. The van der Waals surface area contributed by atoms with Gasteiger partial charge in [-0.05, 0) is 40.2 Å². The zero-order valence-electron chi connectivity index (χ0n) is 10.7. The van der Waals surface area contributed by atoms with Gasteiger partial charge in [-0.15, -0.1) is 0 Å². The standard InChI is InChI=1S/C12H21NO3/c1-6-10(8-7-9(2)14)13-11(15)16-12(3,4)5/h7-8,10H,6H2,1-5H3,(H,13,15)/b8-7+/t10-/m0/s1. The van der Waals surface area contributed by atoms with Gasteiger partial charge in [-0.1, -0.05) is 13.0 Å². The van der Waals surface area contributed by atoms with E-state index in [0.29, 0.717) is 6.42 Å². The van der Waals surface area contributed by atoms with Crippen LogP contribution < -0.4 is 5.32 Å². The lowest BCUT2D eigenvalue weighted by molar-refractivity contribution is -0.112. The van der Waals surface area contributed by atoms with Crippen LogP contribution in [0.2, 0.25) is 0 Å². The number of ether oxygens (including phenoxy) is 1. The quantitative estimate of drug-likeness (QED) is 0.750. The van der Waals surface area contributed by atoms with E-state index in [1.54, 1.807) is 26.8 Å². The molecule has 1 atom stereocenters. The van der Waals surface area contributed by atoms with Crippen molar-refractivity contribution in [2.45, 2.75) is 52.7 Å². The SMILES string of the molecule is CC[C@@H](/C=C/C(C)=O)NC(=O)OC(C)(C)C. The van der Waals surface area contributed by atoms with Crippen LogP contribution in [0.15, 0.2) is 12.2 Å². The molecule has 0 aromatic carbocycles. The third kappa shape index (κ3) is 8.03. The summed E-state index contributed by atoms with van der Waals surface area (Å²) in [7, 11) is 0. The monoisotopic (exact) mass is 227 g/mol. The van der Waals surface area contributed by atoms with Gasteiger partial charge in [0.25, 0.3) is 0 Å². The summed E-state index contributed by atoms with van der Waals surface area (Å²) in [5.74, 6) is -0.0376. The second kappa shape index (κ2) is 6.30. The maximum absolute atomic E-state index is 11.4. The topological polar surface area (TPSA) is 55.4 Å². The highest BCUT2D eigenvalue weighted by Crippen LogP contribution is 2.07. The molecule has 0 saturated carbocycles. The number of rotatable bonds is 4. The molecule has 0 aliphatic heterocycles. The first-order chi connectivity index (χ1) is 7.24. The zero-order valence-corrected chi connectivity index (χ0v) is 10.7. The van der Waals surface area contributed by atoms with Crippen molar-refractivity contribution in [3.63, 3.8) is 0 Å². The molecular weight excluding hydrogens is 206 g/mol. The largest absolute Gasteiger partial charge is 0.444 e. The number of hydrogen-bond donors (Lipinski definition) is 1. The molecule has 0 rings (SSSR count). The van der Waals surface area contributed by atoms with Crippen LogP contribution in [-0.2, 0) is 9.53 Å². The average Bonchev–Trinajstić information content (AvgIpc) is 2.08. The summed E-state index contributed by atoms with van der Waals surface area (Å²) in [6, 6.07) is -0.168. The van der Waals surface area contributed by atoms with Crippen molar-refractivity contribution in [1.82, 2.24) is 5.32 Å². The molecule has 1 amide bonds. The van der Waals surface area contributed by atoms with Crippen molar-refractivity contribution in [2.75, 3.05) is 0 Å². The molecule has 0 saturated heterocycles. The molecule has 0 heterocycles. The molecule has 4 heteroatoms. The third-order valence-corrected chi connectivity index (χ3v) is 1.71. The first-order valence-electron chi connectivity index (χ1n) is 5.43. The van der Waals surface area contributed by atoms with Crippen molar-refractivity contribution >= 4 is 11.9 Å². The van der Waals surface area contributed by atoms with Crippen LogP contribution in [0.3, 0.4) is 0 Å². The van der Waals surface area contributed by atoms with Gasteiger partial charge in [0.1, 0.15) is 5.60 Å². The summed E-state index contributed by atoms with van der Waals surface area (Å²) >= 11 is 0. The second-order valence-electron chi connectivity index (χ2n) is 4.63. The molecule has 0 aromatic heterocycles. The minimum atomic E-state index is -0.507. The molecule has 0 aromatic rings. The number of allylic oxidation sites excluding steroid dienone is 1. The number of nitrogens with one attached hydrogen (secondary N) is 1. The third-order valence-electron chi connectivity index (χ3n) is 1.71. The molecule has 0 aliphatic carbocycles. The van der Waals surface area contributed by atoms with Gasteiger partial charge in [0.15, 0.2) is 5.78 Å². The van der Waals surface area contributed by atoms with Crippen LogP contribution in [0, 0.1) is 0 Å². The maximum atomic E-state index is 11.4. The minimum Gasteiger partial charge on any atom is -0.444 e. The van der Waals surface area contributed by atoms with E-state index >= 15 is 0 Å². The van der Waals surface area contributed by atoms with Crippen LogP contribution in [-0.4, -0.2) is 23.5 Å². The molecule has 0 unspecified atom stereocenters. The Balaban J connectivity index is 4.23. The number of alkyl carbamates (subject to hydrolysis) is 1. The van der Waals surface area contributed by atoms with Crippen molar-refractivity contribution < 1.29 is 14.3 Å². The van der Waals surface area contributed by atoms with Gasteiger partial charge in [0.05, 0.1) is 6.04 Å². The summed E-state index contributed by atoms with van der Waals surface area (Å²) in [6.45, 7) is 8.81. The smallest absolute Gasteiger partial charge is 0.408 e. The molecular formula is C12H21NO3. The van der Waals surface area contributed by atoms with E-state index in [9.17, 15) is 9.59 Å². The molecule has 4 nitrogen and oxygen atoms in total. The number of hydrogen-bond acceptors (Lipinski definition) is 3. The van der Waals surface area contributed by atoms with Gasteiger partial charge < -0.3 is 10.1 Å². The molecule has 1 N–H and O–H groups in total. The first kappa shape index (κ1) is 14.7. The van der Waals surface area contributed by atoms with E-state index in [1.807, 2.05) is 6.92 Å². The molecule has 92 valence electrons. The summed E-state index contributed by atoms with van der Waals surface area (Å²) in [6.07, 6.45) is 3.37. The van der Waals surface area contributed by atoms with Crippen molar-refractivity contribution in [3.8, 4) is 0 Å². The van der Waals surface area contributed by atoms with Gasteiger partial charge in [0, 0.05) is 0 Å². The molecule has 0 bridgehead atoms. The van der Waals surface area contributed by atoms with E-state index in [1.165, 1.54) is 13.0 Å². The van der Waals surface area contributed by atoms with Gasteiger partial charge in [-0.25, -0.2) is 4.79 Å². The van der Waals surface area contributed by atoms with Gasteiger partial charge in [0.2, 0.25) is 0 Å². The van der Waals surface area contributed by atoms with Gasteiger partial charge in [-0.3, -0.25) is 4.79 Å². The number of carbonyl (C=O) groups is 2. The molecule has 0 aliphatic rings. The Labute approximate surface area is 97.1 Å². The van der Waals surface area contributed by atoms with Crippen LogP contribution in [0.1, 0.15) is 41.0 Å². The predicted molar refractivity (Wildman–Crippen MR) is 63.3 cm³/mol. The number of carbonyl (C=O) groups excluding carboxylic acids is 2. The van der Waals surface area contributed by atoms with E-state index in [0.717, 1.165) is 0 Å². The Morgan fingerprint density at radius 2 is 1.94 bits per heavy atom. The highest BCUT2D eigenvalue weighted by Gasteiger charge is 2.17. The van der Waals surface area contributed by atoms with Crippen LogP contribution in [0.5, 0.6) is 0 Å². The Morgan fingerprint density at radius 1 is 1.38 bits per heavy atom. The lowest BCUT2D eigenvalue weighted by Crippen LogP contribution is -2.37. The van der Waals surface area contributed by atoms with E-state index in [2.05, 4.69) is 5.32 Å². The Hall–Kier alpha value is -1.32. The van der Waals surface area contributed by atoms with Crippen molar-refractivity contribution in [1.29, 1.82) is 0 Å². The summed E-state index contributed by atoms with van der Waals surface area (Å²) in [5.41, 5.74) is -0.507. The lowest BCUT2D eigenvalue weighted by atomic mass is 10.2. The molecule has 16 heavy (non-hydrogen) atoms. The highest BCUT2D eigenvalue weighted by molar-refractivity contribution is 5.87. The Kier molecular flexibility index (Phi) is 5.78. The lowest BCUT2D eigenvalue weighted by Gasteiger charge is -2.21. The fourth-order valence-corrected chi connectivity index (χ4v) is 0.997. The zero-order chi connectivity index (χ0) is 12.8. The normalized spacial score (nSPS) is 13.6. The second-order valence-corrected chi connectivity index (χ2v) is 4.63. The summed E-state index contributed by atoms with van der Waals surface area (Å²) in [5, 5.41) is 2.68. The van der Waals surface area contributed by atoms with Crippen molar-refractivity contribution in [3.05, 3.63) is 12.2 Å². The van der Waals surface area contributed by atoms with E-state index in [4.69, 9.17) is 4.74 Å². The Morgan fingerprint density at radius 3 is 2.31 bits per heavy atom. The average molecular weight is 227 g/mol. The van der Waals surface area contributed by atoms with Crippen LogP contribution >= 0.6 is 0 Å². The van der Waals surface area contributed by atoms with Crippen LogP contribution in [0.4, 0.5) is 4.79 Å². The fourth-order valence-electron chi connectivity index (χ4n) is 0.997. The highest BCUT2D eigenvalue weighted by atomic mass is 16.6. The molecule has 0 spiro atoms. The molecule has 0 radical (unpaired) electrons. The number of ketones is 1. The van der Waals surface area contributed by atoms with Gasteiger partial charge >= 0.3 is 6.09 Å². The Bertz CT molecular complexity index is 276. The van der Waals surface area contributed by atoms with Gasteiger partial charge in [-0.2, -0.15) is 0 Å². The van der Waals surface area contributed by atoms with Crippen LogP contribution in [0.25, 0.3) is 0 Å². The number of amides is 1. The maximum Gasteiger partial charge on any atom is 0.408 e. The first-order valence-corrected chi connectivity index (χ1v) is 5.43. The van der Waals surface area contributed by atoms with Crippen molar-refractivity contribution in [2.24, 2.45) is 0 Å². The summed E-state index contributed by atoms with van der Waals surface area (Å²) < 4.78 is 5.11. The van der Waals surface area contributed by atoms with E-state index in [-0.39, 0.29) is 11.8 Å². The fraction of sp³-hybridized carbons (Fsp3) is 0.667. The van der Waals surface area contributed by atoms with E-state index < -0.39 is 11.7 Å².